The van der Waals surface area contributed by atoms with E-state index in [2.05, 4.69) is 10.3 Å². The SMILES string of the molecule is Cc1cc(NC(=O)CN)nc(C)c1N. The molecular formula is C9H14N4O. The molecule has 0 bridgehead atoms. The molecule has 5 heteroatoms. The summed E-state index contributed by atoms with van der Waals surface area (Å²) in [6, 6.07) is 1.72. The smallest absolute Gasteiger partial charge is 0.239 e. The van der Waals surface area contributed by atoms with Crippen LogP contribution in [0.15, 0.2) is 6.07 Å². The molecule has 76 valence electrons. The van der Waals surface area contributed by atoms with Gasteiger partial charge in [-0.15, -0.1) is 0 Å². The Morgan fingerprint density at radius 1 is 1.57 bits per heavy atom. The van der Waals surface area contributed by atoms with Crippen LogP contribution in [-0.2, 0) is 4.79 Å². The number of carbonyl (C=O) groups is 1. The molecule has 0 unspecified atom stereocenters. The van der Waals surface area contributed by atoms with Crippen molar-refractivity contribution in [2.45, 2.75) is 13.8 Å². The van der Waals surface area contributed by atoms with E-state index in [9.17, 15) is 4.79 Å². The Morgan fingerprint density at radius 3 is 2.71 bits per heavy atom. The Bertz CT molecular complexity index is 339. The number of hydrogen-bond acceptors (Lipinski definition) is 4. The van der Waals surface area contributed by atoms with Gasteiger partial charge in [-0.05, 0) is 25.5 Å². The fraction of sp³-hybridized carbons (Fsp3) is 0.333. The van der Waals surface area contributed by atoms with Gasteiger partial charge in [-0.25, -0.2) is 4.98 Å². The number of carbonyl (C=O) groups excluding carboxylic acids is 1. The molecule has 1 heterocycles. The highest BCUT2D eigenvalue weighted by Crippen LogP contribution is 2.17. The van der Waals surface area contributed by atoms with Crippen molar-refractivity contribution in [3.8, 4) is 0 Å². The molecule has 0 aliphatic rings. The van der Waals surface area contributed by atoms with Crippen LogP contribution in [0.3, 0.4) is 0 Å². The average molecular weight is 194 g/mol. The normalized spacial score (nSPS) is 9.93. The Balaban J connectivity index is 2.95. The Hall–Kier alpha value is -1.62. The predicted octanol–water partition coefficient (Wildman–Crippen LogP) is 0.178. The number of nitrogens with two attached hydrogens (primary N) is 2. The second-order valence-corrected chi connectivity index (χ2v) is 3.08. The molecule has 1 rings (SSSR count). The summed E-state index contributed by atoms with van der Waals surface area (Å²) >= 11 is 0. The Kier molecular flexibility index (Phi) is 3.03. The van der Waals surface area contributed by atoms with Crippen LogP contribution in [0.2, 0.25) is 0 Å². The summed E-state index contributed by atoms with van der Waals surface area (Å²) in [5.74, 6) is 0.228. The summed E-state index contributed by atoms with van der Waals surface area (Å²) in [7, 11) is 0. The van der Waals surface area contributed by atoms with Crippen LogP contribution in [0.25, 0.3) is 0 Å². The maximum atomic E-state index is 11.0. The molecule has 1 aromatic heterocycles. The summed E-state index contributed by atoms with van der Waals surface area (Å²) < 4.78 is 0. The molecule has 1 aromatic rings. The van der Waals surface area contributed by atoms with Crippen LogP contribution in [0, 0.1) is 13.8 Å². The molecule has 0 saturated heterocycles. The molecule has 0 fully saturated rings. The number of rotatable bonds is 2. The first kappa shape index (κ1) is 10.5. The lowest BCUT2D eigenvalue weighted by Gasteiger charge is -2.08. The monoisotopic (exact) mass is 194 g/mol. The number of amides is 1. The highest BCUT2D eigenvalue weighted by atomic mass is 16.1. The van der Waals surface area contributed by atoms with Gasteiger partial charge in [-0.2, -0.15) is 0 Å². The quantitative estimate of drug-likeness (QED) is 0.626. The van der Waals surface area contributed by atoms with Gasteiger partial charge in [-0.1, -0.05) is 0 Å². The standard InChI is InChI=1S/C9H14N4O/c1-5-3-7(13-8(14)4-10)12-6(2)9(5)11/h3H,4,10-11H2,1-2H3,(H,12,13,14). The third kappa shape index (κ3) is 2.20. The van der Waals surface area contributed by atoms with Crippen LogP contribution in [-0.4, -0.2) is 17.4 Å². The van der Waals surface area contributed by atoms with Gasteiger partial charge < -0.3 is 16.8 Å². The van der Waals surface area contributed by atoms with Crippen LogP contribution >= 0.6 is 0 Å². The fourth-order valence-electron chi connectivity index (χ4n) is 1.10. The molecule has 0 aliphatic carbocycles. The molecule has 0 spiro atoms. The zero-order valence-electron chi connectivity index (χ0n) is 8.29. The Labute approximate surface area is 82.5 Å². The topological polar surface area (TPSA) is 94.0 Å². The van der Waals surface area contributed by atoms with Gasteiger partial charge in [0, 0.05) is 0 Å². The number of hydrogen-bond donors (Lipinski definition) is 3. The molecular weight excluding hydrogens is 180 g/mol. The molecule has 0 saturated carbocycles. The number of aryl methyl sites for hydroxylation is 2. The number of anilines is 2. The van der Waals surface area contributed by atoms with Crippen molar-refractivity contribution in [2.75, 3.05) is 17.6 Å². The van der Waals surface area contributed by atoms with Crippen molar-refractivity contribution in [3.63, 3.8) is 0 Å². The summed E-state index contributed by atoms with van der Waals surface area (Å²) in [4.78, 5) is 15.1. The summed E-state index contributed by atoms with van der Waals surface area (Å²) in [6.45, 7) is 3.60. The molecule has 1 amide bonds. The van der Waals surface area contributed by atoms with E-state index in [1.807, 2.05) is 6.92 Å². The minimum Gasteiger partial charge on any atom is -0.397 e. The highest BCUT2D eigenvalue weighted by Gasteiger charge is 2.05. The zero-order valence-corrected chi connectivity index (χ0v) is 8.29. The van der Waals surface area contributed by atoms with E-state index < -0.39 is 0 Å². The first-order chi connectivity index (χ1) is 6.54. The van der Waals surface area contributed by atoms with E-state index in [-0.39, 0.29) is 12.5 Å². The summed E-state index contributed by atoms with van der Waals surface area (Å²) in [6.07, 6.45) is 0. The van der Waals surface area contributed by atoms with Gasteiger partial charge in [-0.3, -0.25) is 4.79 Å². The predicted molar refractivity (Wildman–Crippen MR) is 55.8 cm³/mol. The maximum Gasteiger partial charge on any atom is 0.239 e. The minimum atomic E-state index is -0.263. The van der Waals surface area contributed by atoms with E-state index in [0.717, 1.165) is 5.56 Å². The van der Waals surface area contributed by atoms with Gasteiger partial charge in [0.25, 0.3) is 0 Å². The van der Waals surface area contributed by atoms with Crippen molar-refractivity contribution in [3.05, 3.63) is 17.3 Å². The van der Waals surface area contributed by atoms with Crippen molar-refractivity contribution in [2.24, 2.45) is 5.73 Å². The van der Waals surface area contributed by atoms with E-state index in [1.54, 1.807) is 13.0 Å². The average Bonchev–Trinajstić information content (AvgIpc) is 2.14. The van der Waals surface area contributed by atoms with Crippen molar-refractivity contribution in [1.29, 1.82) is 0 Å². The molecule has 0 atom stereocenters. The largest absolute Gasteiger partial charge is 0.397 e. The lowest BCUT2D eigenvalue weighted by molar-refractivity contribution is -0.114. The van der Waals surface area contributed by atoms with Crippen molar-refractivity contribution in [1.82, 2.24) is 4.98 Å². The molecule has 5 N–H and O–H groups in total. The van der Waals surface area contributed by atoms with Crippen molar-refractivity contribution < 1.29 is 4.79 Å². The van der Waals surface area contributed by atoms with Crippen LogP contribution in [0.4, 0.5) is 11.5 Å². The number of nitrogens with one attached hydrogen (secondary N) is 1. The molecule has 0 aromatic carbocycles. The van der Waals surface area contributed by atoms with Gasteiger partial charge in [0.15, 0.2) is 0 Å². The fourth-order valence-corrected chi connectivity index (χ4v) is 1.10. The van der Waals surface area contributed by atoms with Crippen molar-refractivity contribution >= 4 is 17.4 Å². The summed E-state index contributed by atoms with van der Waals surface area (Å²) in [5, 5.41) is 2.57. The molecule has 14 heavy (non-hydrogen) atoms. The lowest BCUT2D eigenvalue weighted by atomic mass is 10.2. The van der Waals surface area contributed by atoms with Gasteiger partial charge >= 0.3 is 0 Å². The third-order valence-electron chi connectivity index (χ3n) is 1.91. The third-order valence-corrected chi connectivity index (χ3v) is 1.91. The minimum absolute atomic E-state index is 0.0514. The van der Waals surface area contributed by atoms with E-state index in [4.69, 9.17) is 11.5 Å². The van der Waals surface area contributed by atoms with Crippen LogP contribution in [0.1, 0.15) is 11.3 Å². The van der Waals surface area contributed by atoms with Crippen LogP contribution in [0.5, 0.6) is 0 Å². The number of nitrogen functional groups attached to an aromatic ring is 1. The zero-order chi connectivity index (χ0) is 10.7. The van der Waals surface area contributed by atoms with Gasteiger partial charge in [0.1, 0.15) is 5.82 Å². The first-order valence-corrected chi connectivity index (χ1v) is 4.28. The van der Waals surface area contributed by atoms with E-state index in [0.29, 0.717) is 17.2 Å². The molecule has 0 aliphatic heterocycles. The van der Waals surface area contributed by atoms with E-state index in [1.165, 1.54) is 0 Å². The Morgan fingerprint density at radius 2 is 2.21 bits per heavy atom. The number of nitrogens with zero attached hydrogens (tertiary/aromatic N) is 1. The molecule has 0 radical (unpaired) electrons. The lowest BCUT2D eigenvalue weighted by Crippen LogP contribution is -2.22. The number of pyridine rings is 1. The summed E-state index contributed by atoms with van der Waals surface area (Å²) in [5.41, 5.74) is 13.1. The molecule has 5 nitrogen and oxygen atoms in total. The van der Waals surface area contributed by atoms with E-state index >= 15 is 0 Å². The number of aromatic nitrogens is 1. The second-order valence-electron chi connectivity index (χ2n) is 3.08. The highest BCUT2D eigenvalue weighted by molar-refractivity contribution is 5.91. The maximum absolute atomic E-state index is 11.0. The van der Waals surface area contributed by atoms with Crippen LogP contribution < -0.4 is 16.8 Å². The first-order valence-electron chi connectivity index (χ1n) is 4.28. The van der Waals surface area contributed by atoms with Gasteiger partial charge in [0.2, 0.25) is 5.91 Å². The second kappa shape index (κ2) is 4.06. The van der Waals surface area contributed by atoms with Gasteiger partial charge in [0.05, 0.1) is 17.9 Å².